The minimum atomic E-state index is -1.70. The van der Waals surface area contributed by atoms with Crippen LogP contribution in [0.3, 0.4) is 0 Å². The summed E-state index contributed by atoms with van der Waals surface area (Å²) in [6, 6.07) is 0. The van der Waals surface area contributed by atoms with Gasteiger partial charge in [-0.05, 0) is 56.6 Å². The highest BCUT2D eigenvalue weighted by molar-refractivity contribution is 6.37. The number of ketones is 3. The van der Waals surface area contributed by atoms with Crippen molar-refractivity contribution >= 4 is 29.3 Å². The predicted molar refractivity (Wildman–Crippen MR) is 113 cm³/mol. The molecule has 7 heteroatoms. The first-order chi connectivity index (χ1) is 15.0. The van der Waals surface area contributed by atoms with E-state index in [-0.39, 0.29) is 48.8 Å². The highest BCUT2D eigenvalue weighted by Gasteiger charge is 2.71. The summed E-state index contributed by atoms with van der Waals surface area (Å²) in [5.41, 5.74) is -2.25. The van der Waals surface area contributed by atoms with Crippen molar-refractivity contribution in [3.05, 3.63) is 23.8 Å². The van der Waals surface area contributed by atoms with Gasteiger partial charge >= 0.3 is 11.9 Å². The van der Waals surface area contributed by atoms with Gasteiger partial charge in [-0.15, -0.1) is 0 Å². The van der Waals surface area contributed by atoms with Gasteiger partial charge in [0.15, 0.2) is 11.4 Å². The van der Waals surface area contributed by atoms with Gasteiger partial charge < -0.3 is 9.47 Å². The zero-order chi connectivity index (χ0) is 23.5. The monoisotopic (exact) mass is 442 g/mol. The molecule has 7 nitrogen and oxygen atoms in total. The summed E-state index contributed by atoms with van der Waals surface area (Å²) in [7, 11) is 0. The number of Topliss-reactive ketones (excluding diaryl/α,β-unsaturated/α-hetero) is 2. The van der Waals surface area contributed by atoms with E-state index in [1.54, 1.807) is 13.0 Å². The largest absolute Gasteiger partial charge is 0.460 e. The maximum atomic E-state index is 13.7. The van der Waals surface area contributed by atoms with E-state index in [1.807, 2.05) is 19.9 Å². The van der Waals surface area contributed by atoms with Crippen LogP contribution in [0.5, 0.6) is 0 Å². The quantitative estimate of drug-likeness (QED) is 0.487. The van der Waals surface area contributed by atoms with Gasteiger partial charge in [0.05, 0.1) is 6.61 Å². The summed E-state index contributed by atoms with van der Waals surface area (Å²) in [5, 5.41) is 0. The minimum Gasteiger partial charge on any atom is -0.460 e. The molecule has 0 aliphatic heterocycles. The Labute approximate surface area is 187 Å². The molecule has 0 bridgehead atoms. The van der Waals surface area contributed by atoms with Gasteiger partial charge in [-0.3, -0.25) is 19.2 Å². The average Bonchev–Trinajstić information content (AvgIpc) is 2.99. The lowest BCUT2D eigenvalue weighted by Gasteiger charge is -2.56. The van der Waals surface area contributed by atoms with Gasteiger partial charge in [0, 0.05) is 30.1 Å². The minimum absolute atomic E-state index is 0.0177. The lowest BCUT2D eigenvalue weighted by Crippen LogP contribution is -2.62. The molecular formula is C25H30O7. The smallest absolute Gasteiger partial charge is 0.379 e. The molecule has 0 heterocycles. The first-order valence-electron chi connectivity index (χ1n) is 11.4. The first kappa shape index (κ1) is 22.6. The third kappa shape index (κ3) is 2.96. The van der Waals surface area contributed by atoms with E-state index in [1.165, 1.54) is 13.0 Å². The van der Waals surface area contributed by atoms with Crippen LogP contribution < -0.4 is 0 Å². The fraction of sp³-hybridized carbons (Fsp3) is 0.640. The Hall–Kier alpha value is -2.57. The Bertz CT molecular complexity index is 975. The molecule has 0 aromatic rings. The molecule has 32 heavy (non-hydrogen) atoms. The molecular weight excluding hydrogens is 412 g/mol. The Morgan fingerprint density at radius 1 is 1.16 bits per heavy atom. The van der Waals surface area contributed by atoms with E-state index in [2.05, 4.69) is 0 Å². The van der Waals surface area contributed by atoms with Crippen molar-refractivity contribution in [3.8, 4) is 0 Å². The number of ether oxygens (including phenoxy) is 2. The van der Waals surface area contributed by atoms with Crippen molar-refractivity contribution < 1.29 is 33.4 Å². The first-order valence-corrected chi connectivity index (χ1v) is 11.4. The van der Waals surface area contributed by atoms with Crippen LogP contribution >= 0.6 is 0 Å². The third-order valence-corrected chi connectivity index (χ3v) is 8.52. The van der Waals surface area contributed by atoms with Gasteiger partial charge in [-0.1, -0.05) is 25.5 Å². The number of fused-ring (bicyclic) bond motifs is 5. The fourth-order valence-electron chi connectivity index (χ4n) is 7.21. The van der Waals surface area contributed by atoms with E-state index >= 15 is 0 Å². The van der Waals surface area contributed by atoms with E-state index in [0.29, 0.717) is 19.3 Å². The zero-order valence-corrected chi connectivity index (χ0v) is 19.1. The molecule has 4 aliphatic carbocycles. The second-order valence-electron chi connectivity index (χ2n) is 10.0. The Morgan fingerprint density at radius 3 is 2.53 bits per heavy atom. The summed E-state index contributed by atoms with van der Waals surface area (Å²) in [5.74, 6) is -3.06. The normalized spacial score (nSPS) is 40.0. The predicted octanol–water partition coefficient (Wildman–Crippen LogP) is 2.91. The third-order valence-electron chi connectivity index (χ3n) is 8.52. The summed E-state index contributed by atoms with van der Waals surface area (Å²) < 4.78 is 10.6. The standard InChI is InChI=1S/C25H30O7/c1-5-31-22(30)21(29)25(32-14(2)26)11-9-18-17-7-6-15-12-16(27)8-10-23(15,3)20(17)19(28)13-24(18,25)4/h8,10,12,17-18,20H,5-7,9,11,13H2,1-4H3/t17-,18-,20-,23+,24+,25+/m1/s1. The van der Waals surface area contributed by atoms with Crippen molar-refractivity contribution in [2.45, 2.75) is 65.4 Å². The maximum Gasteiger partial charge on any atom is 0.379 e. The molecule has 4 aliphatic rings. The molecule has 0 radical (unpaired) electrons. The summed E-state index contributed by atoms with van der Waals surface area (Å²) in [6.45, 7) is 6.67. The number of rotatable bonds is 4. The number of hydrogen-bond donors (Lipinski definition) is 0. The number of carbonyl (C=O) groups is 5. The van der Waals surface area contributed by atoms with Gasteiger partial charge in [-0.2, -0.15) is 0 Å². The SMILES string of the molecule is CCOC(=O)C(=O)[C@@]1(OC(C)=O)CC[C@@H]2[C@H]3CCC4=CC(=O)C=C[C@]4(C)[C@H]3C(=O)C[C@@]21C. The van der Waals surface area contributed by atoms with Crippen LogP contribution in [0.1, 0.15) is 59.8 Å². The number of hydrogen-bond acceptors (Lipinski definition) is 7. The number of esters is 2. The van der Waals surface area contributed by atoms with Crippen molar-refractivity contribution in [1.82, 2.24) is 0 Å². The van der Waals surface area contributed by atoms with Gasteiger partial charge in [0.1, 0.15) is 5.78 Å². The maximum absolute atomic E-state index is 13.7. The molecule has 0 unspecified atom stereocenters. The summed E-state index contributed by atoms with van der Waals surface area (Å²) >= 11 is 0. The van der Waals surface area contributed by atoms with Crippen molar-refractivity contribution in [3.63, 3.8) is 0 Å². The van der Waals surface area contributed by atoms with E-state index < -0.39 is 34.2 Å². The summed E-state index contributed by atoms with van der Waals surface area (Å²) in [4.78, 5) is 63.5. The lowest BCUT2D eigenvalue weighted by molar-refractivity contribution is -0.193. The average molecular weight is 443 g/mol. The van der Waals surface area contributed by atoms with E-state index in [9.17, 15) is 24.0 Å². The second kappa shape index (κ2) is 7.49. The van der Waals surface area contributed by atoms with Crippen LogP contribution in [0.2, 0.25) is 0 Å². The second-order valence-corrected chi connectivity index (χ2v) is 10.0. The number of allylic oxidation sites excluding steroid dienone is 4. The van der Waals surface area contributed by atoms with Crippen LogP contribution in [0, 0.1) is 28.6 Å². The Morgan fingerprint density at radius 2 is 1.88 bits per heavy atom. The van der Waals surface area contributed by atoms with Crippen LogP contribution in [-0.4, -0.2) is 41.5 Å². The molecule has 0 amide bonds. The van der Waals surface area contributed by atoms with Crippen LogP contribution in [-0.2, 0) is 33.4 Å². The van der Waals surface area contributed by atoms with Gasteiger partial charge in [0.2, 0.25) is 0 Å². The van der Waals surface area contributed by atoms with Crippen LogP contribution in [0.4, 0.5) is 0 Å². The Balaban J connectivity index is 1.77. The van der Waals surface area contributed by atoms with Gasteiger partial charge in [-0.25, -0.2) is 4.79 Å². The van der Waals surface area contributed by atoms with E-state index in [0.717, 1.165) is 5.57 Å². The molecule has 3 fully saturated rings. The van der Waals surface area contributed by atoms with Crippen molar-refractivity contribution in [2.75, 3.05) is 6.61 Å². The van der Waals surface area contributed by atoms with Crippen LogP contribution in [0.25, 0.3) is 0 Å². The molecule has 0 aromatic carbocycles. The molecule has 0 spiro atoms. The van der Waals surface area contributed by atoms with Crippen molar-refractivity contribution in [1.29, 1.82) is 0 Å². The molecule has 0 N–H and O–H groups in total. The lowest BCUT2D eigenvalue weighted by atomic mass is 9.46. The molecule has 0 aromatic heterocycles. The van der Waals surface area contributed by atoms with Gasteiger partial charge in [0.25, 0.3) is 5.78 Å². The molecule has 0 saturated heterocycles. The van der Waals surface area contributed by atoms with Crippen LogP contribution in [0.15, 0.2) is 23.8 Å². The highest BCUT2D eigenvalue weighted by atomic mass is 16.6. The zero-order valence-electron chi connectivity index (χ0n) is 19.1. The fourth-order valence-corrected chi connectivity index (χ4v) is 7.21. The van der Waals surface area contributed by atoms with Crippen molar-refractivity contribution in [2.24, 2.45) is 28.6 Å². The topological polar surface area (TPSA) is 104 Å². The summed E-state index contributed by atoms with van der Waals surface area (Å²) in [6.07, 6.45) is 7.25. The van der Waals surface area contributed by atoms with E-state index in [4.69, 9.17) is 9.47 Å². The molecule has 172 valence electrons. The number of carbonyl (C=O) groups excluding carboxylic acids is 5. The molecule has 4 rings (SSSR count). The molecule has 3 saturated carbocycles. The Kier molecular flexibility index (Phi) is 5.30. The molecule has 6 atom stereocenters. The highest BCUT2D eigenvalue weighted by Crippen LogP contribution is 2.67.